The summed E-state index contributed by atoms with van der Waals surface area (Å²) in [4.78, 5) is 45.6. The van der Waals surface area contributed by atoms with Gasteiger partial charge in [-0.05, 0) is 42.2 Å². The Bertz CT molecular complexity index is 1490. The predicted molar refractivity (Wildman–Crippen MR) is 166 cm³/mol. The number of urea groups is 1. The van der Waals surface area contributed by atoms with Crippen molar-refractivity contribution in [3.05, 3.63) is 102 Å². The van der Waals surface area contributed by atoms with E-state index in [1.807, 2.05) is 42.5 Å². The first-order valence-electron chi connectivity index (χ1n) is 14.8. The summed E-state index contributed by atoms with van der Waals surface area (Å²) in [5.74, 6) is -0.361. The van der Waals surface area contributed by atoms with Gasteiger partial charge in [-0.25, -0.2) is 4.79 Å². The second-order valence-electron chi connectivity index (χ2n) is 11.3. The maximum absolute atomic E-state index is 14.3. The summed E-state index contributed by atoms with van der Waals surface area (Å²) in [6, 6.07) is 20.6. The van der Waals surface area contributed by atoms with Gasteiger partial charge < -0.3 is 29.7 Å². The van der Waals surface area contributed by atoms with Crippen LogP contribution >= 0.6 is 0 Å². The molecule has 2 fully saturated rings. The zero-order valence-electron chi connectivity index (χ0n) is 25.1. The van der Waals surface area contributed by atoms with Crippen molar-refractivity contribution in [3.63, 3.8) is 0 Å². The molecule has 0 aliphatic carbocycles. The van der Waals surface area contributed by atoms with E-state index >= 15 is 0 Å². The fraction of sp³-hybridized carbons (Fsp3) is 0.343. The smallest absolute Gasteiger partial charge is 0.318 e. The van der Waals surface area contributed by atoms with Gasteiger partial charge in [0.25, 0.3) is 0 Å². The number of hydrogen-bond donors (Lipinski definition) is 2. The minimum atomic E-state index is -0.698. The van der Waals surface area contributed by atoms with Gasteiger partial charge in [-0.1, -0.05) is 60.7 Å². The lowest BCUT2D eigenvalue weighted by Crippen LogP contribution is -2.68. The van der Waals surface area contributed by atoms with E-state index in [1.165, 1.54) is 0 Å². The summed E-state index contributed by atoms with van der Waals surface area (Å²) in [7, 11) is 3.12. The third-order valence-electron chi connectivity index (χ3n) is 8.64. The fourth-order valence-corrected chi connectivity index (χ4v) is 6.62. The van der Waals surface area contributed by atoms with Crippen LogP contribution in [0.5, 0.6) is 17.2 Å². The molecular weight excluding hydrogens is 558 g/mol. The quantitative estimate of drug-likeness (QED) is 0.328. The molecule has 4 unspecified atom stereocenters. The van der Waals surface area contributed by atoms with Crippen molar-refractivity contribution in [3.8, 4) is 17.2 Å². The van der Waals surface area contributed by atoms with Crippen molar-refractivity contribution in [1.82, 2.24) is 15.1 Å². The Hall–Kier alpha value is -4.79. The third-order valence-corrected chi connectivity index (χ3v) is 8.64. The highest BCUT2D eigenvalue weighted by Crippen LogP contribution is 2.40. The largest absolute Gasteiger partial charge is 0.508 e. The molecule has 4 atom stereocenters. The third kappa shape index (κ3) is 6.41. The molecule has 0 saturated carbocycles. The number of benzene rings is 3. The number of rotatable bonds is 10. The molecule has 230 valence electrons. The van der Waals surface area contributed by atoms with Crippen molar-refractivity contribution < 1.29 is 29.0 Å². The first kappa shape index (κ1) is 30.7. The first-order valence-corrected chi connectivity index (χ1v) is 14.8. The molecule has 0 bridgehead atoms. The lowest BCUT2D eigenvalue weighted by molar-refractivity contribution is -0.155. The fourth-order valence-electron chi connectivity index (χ4n) is 6.62. The van der Waals surface area contributed by atoms with E-state index in [0.717, 1.165) is 16.7 Å². The van der Waals surface area contributed by atoms with Crippen molar-refractivity contribution in [2.24, 2.45) is 11.8 Å². The molecule has 3 aromatic carbocycles. The second-order valence-corrected chi connectivity index (χ2v) is 11.3. The Morgan fingerprint density at radius 1 is 1.00 bits per heavy atom. The number of likely N-dealkylation sites (tertiary alicyclic amines) is 2. The van der Waals surface area contributed by atoms with Crippen LogP contribution in [0.2, 0.25) is 0 Å². The van der Waals surface area contributed by atoms with Crippen LogP contribution in [-0.2, 0) is 29.1 Å². The summed E-state index contributed by atoms with van der Waals surface area (Å²) >= 11 is 0. The Morgan fingerprint density at radius 2 is 1.75 bits per heavy atom. The Kier molecular flexibility index (Phi) is 9.53. The normalized spacial score (nSPS) is 21.4. The van der Waals surface area contributed by atoms with Crippen molar-refractivity contribution >= 4 is 17.7 Å². The predicted octanol–water partition coefficient (Wildman–Crippen LogP) is 4.72. The van der Waals surface area contributed by atoms with Crippen molar-refractivity contribution in [2.75, 3.05) is 20.8 Å². The Balaban J connectivity index is 1.52. The lowest BCUT2D eigenvalue weighted by atomic mass is 9.70. The van der Waals surface area contributed by atoms with Crippen LogP contribution in [0, 0.1) is 11.8 Å². The SMILES string of the molecule is C=CCC1CC(=O)C2C(Cc3ccc(O)cc3)C(=O)N(Cc3cccc(OC)c3OC)CC2N1C(=O)NCc1ccccc1. The number of nitrogens with zero attached hydrogens (tertiary/aromatic N) is 2. The monoisotopic (exact) mass is 597 g/mol. The highest BCUT2D eigenvalue weighted by molar-refractivity contribution is 5.93. The molecule has 9 heteroatoms. The number of methoxy groups -OCH3 is 2. The van der Waals surface area contributed by atoms with E-state index < -0.39 is 17.9 Å². The van der Waals surface area contributed by atoms with Gasteiger partial charge in [0.2, 0.25) is 5.91 Å². The molecule has 0 aromatic heterocycles. The average Bonchev–Trinajstić information content (AvgIpc) is 3.03. The number of ketones is 1. The lowest BCUT2D eigenvalue weighted by Gasteiger charge is -2.52. The van der Waals surface area contributed by atoms with Crippen LogP contribution in [0.15, 0.2) is 85.5 Å². The van der Waals surface area contributed by atoms with E-state index in [-0.39, 0.29) is 49.0 Å². The van der Waals surface area contributed by atoms with Gasteiger partial charge >= 0.3 is 6.03 Å². The minimum Gasteiger partial charge on any atom is -0.508 e. The van der Waals surface area contributed by atoms with E-state index in [1.54, 1.807) is 60.4 Å². The molecule has 2 N–H and O–H groups in total. The molecule has 0 spiro atoms. The Morgan fingerprint density at radius 3 is 2.43 bits per heavy atom. The molecule has 0 radical (unpaired) electrons. The van der Waals surface area contributed by atoms with Gasteiger partial charge in [-0.15, -0.1) is 6.58 Å². The van der Waals surface area contributed by atoms with Gasteiger partial charge in [-0.3, -0.25) is 9.59 Å². The highest BCUT2D eigenvalue weighted by Gasteiger charge is 2.53. The summed E-state index contributed by atoms with van der Waals surface area (Å²) in [5, 5.41) is 12.9. The zero-order chi connectivity index (χ0) is 31.2. The van der Waals surface area contributed by atoms with Crippen LogP contribution in [0.4, 0.5) is 4.79 Å². The minimum absolute atomic E-state index is 0.0234. The van der Waals surface area contributed by atoms with Crippen LogP contribution < -0.4 is 14.8 Å². The maximum Gasteiger partial charge on any atom is 0.318 e. The molecule has 9 nitrogen and oxygen atoms in total. The summed E-state index contributed by atoms with van der Waals surface area (Å²) < 4.78 is 11.1. The van der Waals surface area contributed by atoms with Gasteiger partial charge in [0.05, 0.1) is 32.1 Å². The molecule has 2 saturated heterocycles. The van der Waals surface area contributed by atoms with Gasteiger partial charge in [0.1, 0.15) is 11.5 Å². The number of hydrogen-bond acceptors (Lipinski definition) is 6. The van der Waals surface area contributed by atoms with E-state index in [9.17, 15) is 19.5 Å². The number of fused-ring (bicyclic) bond motifs is 1. The van der Waals surface area contributed by atoms with E-state index in [2.05, 4.69) is 11.9 Å². The van der Waals surface area contributed by atoms with Crippen LogP contribution in [0.3, 0.4) is 0 Å². The number of phenolic OH excluding ortho intramolecular Hbond substituents is 1. The number of Topliss-reactive ketones (excluding diaryl/α,β-unsaturated/α-hetero) is 1. The molecule has 44 heavy (non-hydrogen) atoms. The van der Waals surface area contributed by atoms with Gasteiger partial charge in [0, 0.05) is 37.7 Å². The molecular formula is C35H39N3O6. The van der Waals surface area contributed by atoms with Crippen LogP contribution in [-0.4, -0.2) is 65.5 Å². The number of carbonyl (C=O) groups excluding carboxylic acids is 3. The summed E-state index contributed by atoms with van der Waals surface area (Å²) in [5.41, 5.74) is 2.54. The van der Waals surface area contributed by atoms with Gasteiger partial charge in [0.15, 0.2) is 11.5 Å². The van der Waals surface area contributed by atoms with Crippen molar-refractivity contribution in [2.45, 2.75) is 44.4 Å². The summed E-state index contributed by atoms with van der Waals surface area (Å²) in [6.07, 6.45) is 2.63. The number of aromatic hydroxyl groups is 1. The topological polar surface area (TPSA) is 108 Å². The molecule has 5 rings (SSSR count). The second kappa shape index (κ2) is 13.7. The summed E-state index contributed by atoms with van der Waals surface area (Å²) in [6.45, 7) is 4.63. The van der Waals surface area contributed by atoms with Crippen LogP contribution in [0.1, 0.15) is 29.5 Å². The highest BCUT2D eigenvalue weighted by atomic mass is 16.5. The van der Waals surface area contributed by atoms with Gasteiger partial charge in [-0.2, -0.15) is 0 Å². The molecule has 2 aliphatic rings. The number of amides is 3. The average molecular weight is 598 g/mol. The molecule has 2 heterocycles. The number of para-hydroxylation sites is 1. The Labute approximate surface area is 258 Å². The molecule has 2 aliphatic heterocycles. The molecule has 3 aromatic rings. The maximum atomic E-state index is 14.3. The number of piperidine rings is 2. The zero-order valence-corrected chi connectivity index (χ0v) is 25.1. The van der Waals surface area contributed by atoms with E-state index in [4.69, 9.17) is 9.47 Å². The number of carbonyl (C=O) groups is 3. The number of nitrogens with one attached hydrogen (secondary N) is 1. The standard InChI is InChI=1S/C35H39N3O6/c1-4-9-26-19-30(40)32-28(18-23-14-16-27(39)17-15-23)34(41)37(21-25-12-8-13-31(43-2)33(25)44-3)22-29(32)38(26)35(42)36-20-24-10-6-5-7-11-24/h4-8,10-17,26,28-29,32,39H,1,9,18-22H2,2-3H3,(H,36,42). The first-order chi connectivity index (χ1) is 21.3. The van der Waals surface area contributed by atoms with Crippen molar-refractivity contribution in [1.29, 1.82) is 0 Å². The van der Waals surface area contributed by atoms with Crippen LogP contribution in [0.25, 0.3) is 0 Å². The van der Waals surface area contributed by atoms with E-state index in [0.29, 0.717) is 30.9 Å². The number of ether oxygens (including phenoxy) is 2. The molecule has 3 amide bonds. The number of phenols is 1.